The van der Waals surface area contributed by atoms with Crippen LogP contribution in [0.25, 0.3) is 0 Å². The minimum Gasteiger partial charge on any atom is -0.462 e. The Morgan fingerprint density at radius 3 is 1.00 bits per heavy atom. The fraction of sp³-hybridized carbons (Fsp3) is 0.702. The van der Waals surface area contributed by atoms with Crippen LogP contribution in [0.2, 0.25) is 0 Å². The summed E-state index contributed by atoms with van der Waals surface area (Å²) in [5.74, 6) is -0.936. The molecule has 0 aliphatic rings. The molecular formula is C57H96O6. The maximum atomic E-state index is 12.8. The molecule has 0 aromatic carbocycles. The number of hydrogen-bond acceptors (Lipinski definition) is 6. The largest absolute Gasteiger partial charge is 0.462 e. The average Bonchev–Trinajstić information content (AvgIpc) is 3.28. The number of ether oxygens (including phenoxy) is 3. The molecule has 6 nitrogen and oxygen atoms in total. The monoisotopic (exact) mass is 877 g/mol. The van der Waals surface area contributed by atoms with E-state index in [1.54, 1.807) is 0 Å². The van der Waals surface area contributed by atoms with Gasteiger partial charge in [0.05, 0.1) is 0 Å². The molecule has 0 amide bonds. The van der Waals surface area contributed by atoms with Crippen molar-refractivity contribution in [3.05, 3.63) is 85.1 Å². The van der Waals surface area contributed by atoms with Gasteiger partial charge in [-0.25, -0.2) is 0 Å². The van der Waals surface area contributed by atoms with E-state index in [-0.39, 0.29) is 31.1 Å². The highest BCUT2D eigenvalue weighted by molar-refractivity contribution is 5.71. The van der Waals surface area contributed by atoms with Gasteiger partial charge in [-0.1, -0.05) is 209 Å². The van der Waals surface area contributed by atoms with Gasteiger partial charge in [-0.15, -0.1) is 0 Å². The minimum absolute atomic E-state index is 0.0901. The highest BCUT2D eigenvalue weighted by atomic mass is 16.6. The van der Waals surface area contributed by atoms with Gasteiger partial charge in [0.2, 0.25) is 0 Å². The van der Waals surface area contributed by atoms with E-state index in [1.807, 2.05) is 0 Å². The highest BCUT2D eigenvalue weighted by Gasteiger charge is 2.19. The molecule has 1 atom stereocenters. The van der Waals surface area contributed by atoms with Gasteiger partial charge < -0.3 is 14.2 Å². The second-order valence-corrected chi connectivity index (χ2v) is 17.1. The second kappa shape index (κ2) is 51.2. The molecule has 63 heavy (non-hydrogen) atoms. The van der Waals surface area contributed by atoms with Crippen molar-refractivity contribution in [3.8, 4) is 0 Å². The normalized spacial score (nSPS) is 12.7. The maximum Gasteiger partial charge on any atom is 0.306 e. The molecular weight excluding hydrogens is 781 g/mol. The lowest BCUT2D eigenvalue weighted by atomic mass is 10.1. The molecule has 0 aliphatic heterocycles. The molecule has 0 aliphatic carbocycles. The quantitative estimate of drug-likeness (QED) is 0.0262. The summed E-state index contributed by atoms with van der Waals surface area (Å²) in [7, 11) is 0. The first kappa shape index (κ1) is 59.6. The van der Waals surface area contributed by atoms with E-state index in [1.165, 1.54) is 89.9 Å². The van der Waals surface area contributed by atoms with Gasteiger partial charge in [0.15, 0.2) is 6.10 Å². The Morgan fingerprint density at radius 1 is 0.333 bits per heavy atom. The van der Waals surface area contributed by atoms with Crippen LogP contribution in [-0.4, -0.2) is 37.2 Å². The molecule has 0 fully saturated rings. The lowest BCUT2D eigenvalue weighted by Gasteiger charge is -2.18. The number of rotatable bonds is 46. The molecule has 0 aromatic rings. The fourth-order valence-corrected chi connectivity index (χ4v) is 6.97. The van der Waals surface area contributed by atoms with Gasteiger partial charge in [0.1, 0.15) is 13.2 Å². The Labute approximate surface area is 388 Å². The Balaban J connectivity index is 4.37. The van der Waals surface area contributed by atoms with Crippen LogP contribution < -0.4 is 0 Å². The lowest BCUT2D eigenvalue weighted by molar-refractivity contribution is -0.167. The average molecular weight is 877 g/mol. The SMILES string of the molecule is CC/C=C\C/C=C\C/C=C\C/C=C\C/C=C\CCCCCC(=O)OCC(COC(=O)CCCCCCCCCC)OC(=O)CCCCCCCCC/C=C\C/C=C\CCCCCC. The lowest BCUT2D eigenvalue weighted by Crippen LogP contribution is -2.30. The van der Waals surface area contributed by atoms with E-state index in [0.717, 1.165) is 109 Å². The summed E-state index contributed by atoms with van der Waals surface area (Å²) >= 11 is 0. The smallest absolute Gasteiger partial charge is 0.306 e. The first-order chi connectivity index (χ1) is 31.0. The van der Waals surface area contributed by atoms with Gasteiger partial charge in [-0.05, 0) is 96.3 Å². The number of hydrogen-bond donors (Lipinski definition) is 0. The van der Waals surface area contributed by atoms with Crippen LogP contribution in [0.1, 0.15) is 239 Å². The van der Waals surface area contributed by atoms with Gasteiger partial charge in [-0.2, -0.15) is 0 Å². The molecule has 0 N–H and O–H groups in total. The summed E-state index contributed by atoms with van der Waals surface area (Å²) in [6, 6.07) is 0. The van der Waals surface area contributed by atoms with Crippen molar-refractivity contribution in [2.24, 2.45) is 0 Å². The summed E-state index contributed by atoms with van der Waals surface area (Å²) in [5, 5.41) is 0. The zero-order chi connectivity index (χ0) is 45.8. The van der Waals surface area contributed by atoms with Gasteiger partial charge >= 0.3 is 17.9 Å². The molecule has 360 valence electrons. The van der Waals surface area contributed by atoms with Crippen LogP contribution in [-0.2, 0) is 28.6 Å². The third kappa shape index (κ3) is 49.5. The van der Waals surface area contributed by atoms with Gasteiger partial charge in [-0.3, -0.25) is 14.4 Å². The topological polar surface area (TPSA) is 78.9 Å². The Hall–Kier alpha value is -3.41. The van der Waals surface area contributed by atoms with E-state index in [0.29, 0.717) is 19.3 Å². The van der Waals surface area contributed by atoms with Crippen molar-refractivity contribution < 1.29 is 28.6 Å². The Morgan fingerprint density at radius 2 is 0.619 bits per heavy atom. The third-order valence-corrected chi connectivity index (χ3v) is 10.9. The summed E-state index contributed by atoms with van der Waals surface area (Å²) in [6.07, 6.45) is 65.7. The molecule has 0 saturated heterocycles. The van der Waals surface area contributed by atoms with E-state index in [4.69, 9.17) is 14.2 Å². The van der Waals surface area contributed by atoms with Crippen LogP contribution in [0.15, 0.2) is 85.1 Å². The summed E-state index contributed by atoms with van der Waals surface area (Å²) in [5.41, 5.74) is 0. The van der Waals surface area contributed by atoms with Crippen molar-refractivity contribution in [3.63, 3.8) is 0 Å². The van der Waals surface area contributed by atoms with Crippen LogP contribution in [0.4, 0.5) is 0 Å². The molecule has 0 spiro atoms. The van der Waals surface area contributed by atoms with Crippen molar-refractivity contribution in [2.75, 3.05) is 13.2 Å². The van der Waals surface area contributed by atoms with Crippen molar-refractivity contribution in [1.82, 2.24) is 0 Å². The van der Waals surface area contributed by atoms with E-state index in [9.17, 15) is 14.4 Å². The molecule has 0 aromatic heterocycles. The molecule has 0 heterocycles. The molecule has 0 bridgehead atoms. The molecule has 0 saturated carbocycles. The highest BCUT2D eigenvalue weighted by Crippen LogP contribution is 2.14. The predicted octanol–water partition coefficient (Wildman–Crippen LogP) is 17.2. The number of unbranched alkanes of at least 4 members (excludes halogenated alkanes) is 21. The summed E-state index contributed by atoms with van der Waals surface area (Å²) < 4.78 is 16.7. The second-order valence-electron chi connectivity index (χ2n) is 17.1. The van der Waals surface area contributed by atoms with E-state index < -0.39 is 6.10 Å². The maximum absolute atomic E-state index is 12.8. The summed E-state index contributed by atoms with van der Waals surface area (Å²) in [4.78, 5) is 37.9. The number of carbonyl (C=O) groups is 3. The van der Waals surface area contributed by atoms with Crippen LogP contribution in [0, 0.1) is 0 Å². The number of esters is 3. The molecule has 6 heteroatoms. The van der Waals surface area contributed by atoms with Crippen LogP contribution in [0.3, 0.4) is 0 Å². The summed E-state index contributed by atoms with van der Waals surface area (Å²) in [6.45, 7) is 6.44. The minimum atomic E-state index is -0.792. The number of carbonyl (C=O) groups excluding carboxylic acids is 3. The van der Waals surface area contributed by atoms with E-state index >= 15 is 0 Å². The zero-order valence-corrected chi connectivity index (χ0v) is 41.1. The van der Waals surface area contributed by atoms with Crippen molar-refractivity contribution in [2.45, 2.75) is 245 Å². The predicted molar refractivity (Wildman–Crippen MR) is 270 cm³/mol. The molecule has 0 rings (SSSR count). The first-order valence-electron chi connectivity index (χ1n) is 26.1. The Bertz CT molecular complexity index is 1240. The standard InChI is InChI=1S/C57H96O6/c1-4-7-10-13-16-19-21-23-25-27-29-31-32-34-36-38-41-44-47-50-56(59)62-53-54(52-61-55(58)49-46-43-40-18-15-12-9-6-3)63-57(60)51-48-45-42-39-37-35-33-30-28-26-24-22-20-17-14-11-8-5-2/h7,10,16,19-20,22-23,25-26,28-29,31,34,36,54H,4-6,8-9,11-15,17-18,21,24,27,30,32-33,35,37-53H2,1-3H3/b10-7-,19-16-,22-20-,25-23-,28-26-,31-29-,36-34-. The van der Waals surface area contributed by atoms with Gasteiger partial charge in [0.25, 0.3) is 0 Å². The van der Waals surface area contributed by atoms with Crippen molar-refractivity contribution in [1.29, 1.82) is 0 Å². The first-order valence-corrected chi connectivity index (χ1v) is 26.1. The molecule has 0 radical (unpaired) electrons. The molecule has 1 unspecified atom stereocenters. The van der Waals surface area contributed by atoms with Crippen molar-refractivity contribution >= 4 is 17.9 Å². The Kier molecular flexibility index (Phi) is 48.5. The fourth-order valence-electron chi connectivity index (χ4n) is 6.97. The van der Waals surface area contributed by atoms with E-state index in [2.05, 4.69) is 106 Å². The van der Waals surface area contributed by atoms with Crippen LogP contribution in [0.5, 0.6) is 0 Å². The van der Waals surface area contributed by atoms with Crippen LogP contribution >= 0.6 is 0 Å². The zero-order valence-electron chi connectivity index (χ0n) is 41.1. The van der Waals surface area contributed by atoms with Gasteiger partial charge in [0, 0.05) is 19.3 Å². The third-order valence-electron chi connectivity index (χ3n) is 10.9. The number of allylic oxidation sites excluding steroid dienone is 14.